The monoisotopic (exact) mass is 1280 g/mol. The second-order valence-corrected chi connectivity index (χ2v) is 21.3. The average Bonchev–Trinajstić information content (AvgIpc) is 0.793. The minimum Gasteiger partial charge on any atom is -0.493 e. The van der Waals surface area contributed by atoms with Crippen LogP contribution in [-0.4, -0.2) is 111 Å². The predicted octanol–water partition coefficient (Wildman–Crippen LogP) is 10.1. The fraction of sp³-hybridized carbons (Fsp3) is 0.258. The molecule has 1 unspecified atom stereocenters. The largest absolute Gasteiger partial charge is 0.493 e. The Bertz CT molecular complexity index is 3910. The number of carboxylic acid groups (broad SMARTS) is 2. The number of carbonyl (C=O) groups is 4. The third-order valence-electron chi connectivity index (χ3n) is 13.4. The first kappa shape index (κ1) is 71.0. The summed E-state index contributed by atoms with van der Waals surface area (Å²) in [6.07, 6.45) is -5.13. The molecule has 8 rings (SSSR count). The number of benzene rings is 6. The van der Waals surface area contributed by atoms with E-state index in [1.165, 1.54) is 18.6 Å². The number of nitrogens with two attached hydrogens (primary N) is 2. The highest BCUT2D eigenvalue weighted by atomic mass is 32.2. The number of amides is 2. The number of nitrogens with one attached hydrogen (secondary N) is 4. The SMILES string of the molecule is CCc1c(CNCC(O)c2ccccc2)cccc1Nc1c(C(N)=O)cnc2cc(OC)c(OC)cc12.CCc1c(CNCc2ccc(S(C)(=O)=O)cc2)cccc1Nc1c(C(N)=O)cnc2cc(OC)c(OC)cc12.O=C(O)C(F)(F)F.O=C(O)C(F)(F)F. The van der Waals surface area contributed by atoms with E-state index in [0.29, 0.717) is 87.3 Å². The van der Waals surface area contributed by atoms with E-state index in [0.717, 1.165) is 57.6 Å². The van der Waals surface area contributed by atoms with Gasteiger partial charge in [-0.1, -0.05) is 80.6 Å². The minimum atomic E-state index is -5.08. The molecule has 0 aliphatic carbocycles. The molecule has 0 saturated heterocycles. The lowest BCUT2D eigenvalue weighted by molar-refractivity contribution is -0.193. The molecule has 90 heavy (non-hydrogen) atoms. The molecule has 28 heteroatoms. The number of pyridine rings is 2. The summed E-state index contributed by atoms with van der Waals surface area (Å²) >= 11 is 0. The first-order valence-corrected chi connectivity index (χ1v) is 28.9. The van der Waals surface area contributed by atoms with Gasteiger partial charge in [-0.05, 0) is 82.6 Å². The van der Waals surface area contributed by atoms with E-state index in [1.807, 2.05) is 66.7 Å². The molecule has 0 fully saturated rings. The molecule has 1 atom stereocenters. The number of fused-ring (bicyclic) bond motifs is 2. The van der Waals surface area contributed by atoms with Crippen molar-refractivity contribution in [3.63, 3.8) is 0 Å². The highest BCUT2D eigenvalue weighted by molar-refractivity contribution is 7.90. The number of aliphatic carboxylic acids is 2. The lowest BCUT2D eigenvalue weighted by Gasteiger charge is -2.19. The molecular formula is C62H66F6N8O13S. The van der Waals surface area contributed by atoms with Crippen molar-refractivity contribution in [1.82, 2.24) is 20.6 Å². The predicted molar refractivity (Wildman–Crippen MR) is 326 cm³/mol. The number of halogens is 6. The molecule has 0 bridgehead atoms. The first-order valence-electron chi connectivity index (χ1n) is 27.0. The summed E-state index contributed by atoms with van der Waals surface area (Å²) in [5.74, 6) is -4.59. The molecule has 21 nitrogen and oxygen atoms in total. The third kappa shape index (κ3) is 19.1. The van der Waals surface area contributed by atoms with Crippen LogP contribution in [0.4, 0.5) is 49.1 Å². The van der Waals surface area contributed by atoms with Gasteiger partial charge in [0.2, 0.25) is 0 Å². The number of anilines is 4. The zero-order valence-electron chi connectivity index (χ0n) is 49.6. The van der Waals surface area contributed by atoms with Gasteiger partial charge in [-0.2, -0.15) is 26.3 Å². The summed E-state index contributed by atoms with van der Waals surface area (Å²) < 4.78 is 109. The van der Waals surface area contributed by atoms with Crippen molar-refractivity contribution in [2.45, 2.75) is 69.7 Å². The number of ether oxygens (including phenoxy) is 4. The highest BCUT2D eigenvalue weighted by Crippen LogP contribution is 2.40. The number of hydrogen-bond acceptors (Lipinski definition) is 17. The van der Waals surface area contributed by atoms with Crippen LogP contribution in [0.2, 0.25) is 0 Å². The van der Waals surface area contributed by atoms with Crippen molar-refractivity contribution in [3.8, 4) is 23.0 Å². The number of carbonyl (C=O) groups excluding carboxylic acids is 2. The topological polar surface area (TPSA) is 326 Å². The Kier molecular flexibility index (Phi) is 25.2. The van der Waals surface area contributed by atoms with Gasteiger partial charge in [0.1, 0.15) is 0 Å². The fourth-order valence-electron chi connectivity index (χ4n) is 8.95. The van der Waals surface area contributed by atoms with E-state index in [1.54, 1.807) is 64.8 Å². The van der Waals surface area contributed by atoms with Crippen LogP contribution in [0.1, 0.15) is 74.0 Å². The molecule has 480 valence electrons. The summed E-state index contributed by atoms with van der Waals surface area (Å²) in [5, 5.41) is 39.8. The van der Waals surface area contributed by atoms with Crippen molar-refractivity contribution in [2.24, 2.45) is 11.5 Å². The van der Waals surface area contributed by atoms with E-state index in [-0.39, 0.29) is 11.1 Å². The fourth-order valence-corrected chi connectivity index (χ4v) is 9.58. The molecule has 8 aromatic rings. The maximum Gasteiger partial charge on any atom is 0.490 e. The smallest absolute Gasteiger partial charge is 0.490 e. The molecule has 0 spiro atoms. The van der Waals surface area contributed by atoms with Gasteiger partial charge < -0.3 is 67.0 Å². The lowest BCUT2D eigenvalue weighted by Crippen LogP contribution is -2.22. The Balaban J connectivity index is 0.000000270. The minimum absolute atomic E-state index is 0.262. The van der Waals surface area contributed by atoms with Gasteiger partial charge in [0.05, 0.1) is 73.0 Å². The number of methoxy groups -OCH3 is 4. The molecule has 6 aromatic carbocycles. The summed E-state index contributed by atoms with van der Waals surface area (Å²) in [5.41, 5.74) is 22.2. The Morgan fingerprint density at radius 3 is 1.31 bits per heavy atom. The number of aliphatic hydroxyl groups is 1. The van der Waals surface area contributed by atoms with Crippen molar-refractivity contribution < 1.29 is 88.2 Å². The normalized spacial score (nSPS) is 11.5. The number of alkyl halides is 6. The van der Waals surface area contributed by atoms with Gasteiger partial charge in [-0.25, -0.2) is 18.0 Å². The average molecular weight is 1280 g/mol. The maximum absolute atomic E-state index is 12.3. The second kappa shape index (κ2) is 31.9. The molecule has 11 N–H and O–H groups in total. The van der Waals surface area contributed by atoms with Gasteiger partial charge in [0.15, 0.2) is 32.8 Å². The van der Waals surface area contributed by atoms with Crippen LogP contribution in [0.25, 0.3) is 21.8 Å². The maximum atomic E-state index is 12.3. The Morgan fingerprint density at radius 1 is 0.567 bits per heavy atom. The van der Waals surface area contributed by atoms with Crippen LogP contribution >= 0.6 is 0 Å². The van der Waals surface area contributed by atoms with Gasteiger partial charge in [0.25, 0.3) is 11.8 Å². The van der Waals surface area contributed by atoms with E-state index in [9.17, 15) is 49.5 Å². The van der Waals surface area contributed by atoms with Crippen LogP contribution in [0.3, 0.4) is 0 Å². The number of sulfone groups is 1. The van der Waals surface area contributed by atoms with Crippen LogP contribution in [0, 0.1) is 0 Å². The zero-order valence-corrected chi connectivity index (χ0v) is 50.4. The molecule has 0 aliphatic rings. The van der Waals surface area contributed by atoms with Crippen molar-refractivity contribution in [3.05, 3.63) is 172 Å². The van der Waals surface area contributed by atoms with E-state index >= 15 is 0 Å². The van der Waals surface area contributed by atoms with Crippen molar-refractivity contribution >= 4 is 78.1 Å². The highest BCUT2D eigenvalue weighted by Gasteiger charge is 2.39. The first-order chi connectivity index (χ1) is 42.5. The van der Waals surface area contributed by atoms with Gasteiger partial charge in [-0.15, -0.1) is 0 Å². The molecule has 2 amide bonds. The van der Waals surface area contributed by atoms with Gasteiger partial charge in [0, 0.05) is 79.1 Å². The number of aromatic nitrogens is 2. The van der Waals surface area contributed by atoms with E-state index < -0.39 is 52.0 Å². The summed E-state index contributed by atoms with van der Waals surface area (Å²) in [7, 11) is 3.00. The van der Waals surface area contributed by atoms with E-state index in [2.05, 4.69) is 57.2 Å². The van der Waals surface area contributed by atoms with E-state index in [4.69, 9.17) is 50.2 Å². The number of aliphatic hydroxyl groups excluding tert-OH is 1. The standard InChI is InChI=1S/C29H32N4O5S.C29H32N4O4.2C2HF3O2/c1-5-21-19(16-31-15-18-9-11-20(12-10-18)39(4,35)36)7-6-8-24(21)33-28-22-13-26(37-2)27(38-3)14-25(22)32-17-23(28)29(30)34;1-4-20-19(15-31-17-25(34)18-9-6-5-7-10-18)11-8-12-23(20)33-28-21-13-26(36-2)27(37-3)14-24(21)32-16-22(28)29(30)35;2*3-2(4,5)1(6)7/h6-14,17,31H,5,15-16H2,1-4H3,(H2,30,34)(H,32,33);5-14,16,25,31,34H,4,15,17H2,1-3H3,(H2,30,35)(H,32,33);2*(H,6,7). The Hall–Kier alpha value is -9.77. The molecule has 0 aliphatic heterocycles. The number of nitrogens with zero attached hydrogens (tertiary/aromatic N) is 2. The lowest BCUT2D eigenvalue weighted by atomic mass is 10.0. The summed E-state index contributed by atoms with van der Waals surface area (Å²) in [6.45, 7) is 6.32. The molecule has 0 radical (unpaired) electrons. The van der Waals surface area contributed by atoms with Crippen molar-refractivity contribution in [2.75, 3.05) is 51.9 Å². The number of carboxylic acids is 2. The van der Waals surface area contributed by atoms with Gasteiger partial charge in [-0.3, -0.25) is 19.6 Å². The van der Waals surface area contributed by atoms with Crippen LogP contribution in [0.15, 0.2) is 133 Å². The number of hydrogen-bond donors (Lipinski definition) is 9. The third-order valence-corrected chi connectivity index (χ3v) is 14.5. The molecule has 2 heterocycles. The zero-order chi connectivity index (χ0) is 66.7. The quantitative estimate of drug-likeness (QED) is 0.0285. The number of primary amides is 2. The second-order valence-electron chi connectivity index (χ2n) is 19.3. The Morgan fingerprint density at radius 2 is 0.956 bits per heavy atom. The van der Waals surface area contributed by atoms with Crippen molar-refractivity contribution in [1.29, 1.82) is 0 Å². The van der Waals surface area contributed by atoms with Crippen LogP contribution in [-0.2, 0) is 51.9 Å². The molecule has 0 saturated carbocycles. The Labute approximate surface area is 513 Å². The van der Waals surface area contributed by atoms with Gasteiger partial charge >= 0.3 is 24.3 Å². The molecular weight excluding hydrogens is 1210 g/mol. The summed E-state index contributed by atoms with van der Waals surface area (Å²) in [4.78, 5) is 51.6. The number of rotatable bonds is 22. The molecule has 2 aromatic heterocycles. The van der Waals surface area contributed by atoms with Crippen LogP contribution in [0.5, 0.6) is 23.0 Å². The summed E-state index contributed by atoms with van der Waals surface area (Å²) in [6, 6.07) is 35.5. The van der Waals surface area contributed by atoms with Crippen LogP contribution < -0.4 is 51.7 Å².